The summed E-state index contributed by atoms with van der Waals surface area (Å²) >= 11 is 0. The van der Waals surface area contributed by atoms with Crippen LogP contribution < -0.4 is 5.32 Å². The number of rotatable bonds is 3. The molecule has 0 saturated carbocycles. The standard InChI is InChI=1S/C15H13N3O3/c1-17-14(19)9(7-16)6-10-8-18-12-5-3-4-11(13(10)12)15(20)21-2/h3-6,8,18H,1-2H3,(H,17,19). The monoisotopic (exact) mass is 283 g/mol. The molecule has 0 fully saturated rings. The Hall–Kier alpha value is -3.07. The minimum atomic E-state index is -0.484. The number of ether oxygens (including phenoxy) is 1. The van der Waals surface area contributed by atoms with Crippen molar-refractivity contribution in [3.8, 4) is 6.07 Å². The van der Waals surface area contributed by atoms with Crippen LogP contribution in [0, 0.1) is 11.3 Å². The molecule has 2 N–H and O–H groups in total. The molecule has 106 valence electrons. The Balaban J connectivity index is 2.66. The Labute approximate surface area is 121 Å². The lowest BCUT2D eigenvalue weighted by Crippen LogP contribution is -2.19. The van der Waals surface area contributed by atoms with E-state index < -0.39 is 11.9 Å². The van der Waals surface area contributed by atoms with Crippen LogP contribution in [0.5, 0.6) is 0 Å². The van der Waals surface area contributed by atoms with Gasteiger partial charge in [-0.05, 0) is 18.2 Å². The van der Waals surface area contributed by atoms with Gasteiger partial charge in [-0.2, -0.15) is 5.26 Å². The zero-order chi connectivity index (χ0) is 15.4. The van der Waals surface area contributed by atoms with Crippen molar-refractivity contribution < 1.29 is 14.3 Å². The van der Waals surface area contributed by atoms with Crippen LogP contribution in [0.15, 0.2) is 30.0 Å². The van der Waals surface area contributed by atoms with Crippen molar-refractivity contribution in [2.24, 2.45) is 0 Å². The number of carbonyl (C=O) groups is 2. The van der Waals surface area contributed by atoms with E-state index in [1.165, 1.54) is 20.2 Å². The number of amides is 1. The number of benzene rings is 1. The average molecular weight is 283 g/mol. The van der Waals surface area contributed by atoms with Gasteiger partial charge in [-0.3, -0.25) is 4.79 Å². The molecule has 0 aliphatic rings. The first kappa shape index (κ1) is 14.3. The van der Waals surface area contributed by atoms with Crippen LogP contribution in [0.2, 0.25) is 0 Å². The van der Waals surface area contributed by atoms with Crippen LogP contribution in [0.3, 0.4) is 0 Å². The van der Waals surface area contributed by atoms with Crippen molar-refractivity contribution in [1.29, 1.82) is 5.26 Å². The molecule has 0 atom stereocenters. The number of aromatic nitrogens is 1. The molecule has 0 spiro atoms. The molecule has 6 heteroatoms. The molecule has 0 unspecified atom stereocenters. The number of methoxy groups -OCH3 is 1. The lowest BCUT2D eigenvalue weighted by Gasteiger charge is -2.03. The summed E-state index contributed by atoms with van der Waals surface area (Å²) in [6.07, 6.45) is 3.07. The van der Waals surface area contributed by atoms with Crippen LogP contribution in [-0.2, 0) is 9.53 Å². The quantitative estimate of drug-likeness (QED) is 0.508. The highest BCUT2D eigenvalue weighted by atomic mass is 16.5. The number of aromatic amines is 1. The highest BCUT2D eigenvalue weighted by molar-refractivity contribution is 6.09. The fourth-order valence-corrected chi connectivity index (χ4v) is 2.04. The van der Waals surface area contributed by atoms with E-state index in [2.05, 4.69) is 10.3 Å². The summed E-state index contributed by atoms with van der Waals surface area (Å²) in [6, 6.07) is 6.99. The molecule has 21 heavy (non-hydrogen) atoms. The molecular formula is C15H13N3O3. The Morgan fingerprint density at radius 2 is 2.19 bits per heavy atom. The number of nitrogens with one attached hydrogen (secondary N) is 2. The van der Waals surface area contributed by atoms with E-state index in [1.54, 1.807) is 24.4 Å². The average Bonchev–Trinajstić information content (AvgIpc) is 2.94. The van der Waals surface area contributed by atoms with E-state index in [9.17, 15) is 9.59 Å². The third-order valence-electron chi connectivity index (χ3n) is 3.03. The molecule has 6 nitrogen and oxygen atoms in total. The second kappa shape index (κ2) is 5.92. The van der Waals surface area contributed by atoms with E-state index in [4.69, 9.17) is 10.00 Å². The summed E-state index contributed by atoms with van der Waals surface area (Å²) in [5.74, 6) is -0.962. The molecule has 2 aromatic rings. The number of hydrogen-bond donors (Lipinski definition) is 2. The highest BCUT2D eigenvalue weighted by Gasteiger charge is 2.15. The summed E-state index contributed by atoms with van der Waals surface area (Å²) in [6.45, 7) is 0. The minimum absolute atomic E-state index is 0.0435. The van der Waals surface area contributed by atoms with Gasteiger partial charge in [0, 0.05) is 29.7 Å². The summed E-state index contributed by atoms with van der Waals surface area (Å²) in [7, 11) is 2.75. The molecule has 2 rings (SSSR count). The van der Waals surface area contributed by atoms with E-state index in [0.29, 0.717) is 16.5 Å². The molecule has 0 aliphatic heterocycles. The Kier molecular flexibility index (Phi) is 4.05. The van der Waals surface area contributed by atoms with Crippen molar-refractivity contribution in [1.82, 2.24) is 10.3 Å². The van der Waals surface area contributed by atoms with Crippen molar-refractivity contribution in [2.75, 3.05) is 14.2 Å². The van der Waals surface area contributed by atoms with E-state index in [1.807, 2.05) is 6.07 Å². The van der Waals surface area contributed by atoms with Crippen LogP contribution in [0.4, 0.5) is 0 Å². The molecule has 0 radical (unpaired) electrons. The van der Waals surface area contributed by atoms with E-state index in [-0.39, 0.29) is 5.57 Å². The predicted molar refractivity (Wildman–Crippen MR) is 77.3 cm³/mol. The Morgan fingerprint density at radius 1 is 1.43 bits per heavy atom. The van der Waals surface area contributed by atoms with Gasteiger partial charge in [0.25, 0.3) is 5.91 Å². The van der Waals surface area contributed by atoms with E-state index in [0.717, 1.165) is 5.52 Å². The van der Waals surface area contributed by atoms with Crippen molar-refractivity contribution in [2.45, 2.75) is 0 Å². The van der Waals surface area contributed by atoms with Gasteiger partial charge in [0.2, 0.25) is 0 Å². The largest absolute Gasteiger partial charge is 0.465 e. The van der Waals surface area contributed by atoms with Crippen LogP contribution in [-0.4, -0.2) is 31.0 Å². The summed E-state index contributed by atoms with van der Waals surface area (Å²) in [4.78, 5) is 26.4. The van der Waals surface area contributed by atoms with Gasteiger partial charge in [0.1, 0.15) is 11.6 Å². The van der Waals surface area contributed by atoms with Gasteiger partial charge < -0.3 is 15.0 Å². The first-order chi connectivity index (χ1) is 10.1. The zero-order valence-corrected chi connectivity index (χ0v) is 11.6. The van der Waals surface area contributed by atoms with Crippen molar-refractivity contribution >= 4 is 28.9 Å². The van der Waals surface area contributed by atoms with Crippen molar-refractivity contribution in [3.63, 3.8) is 0 Å². The lowest BCUT2D eigenvalue weighted by molar-refractivity contribution is -0.116. The molecule has 0 aliphatic carbocycles. The molecule has 0 saturated heterocycles. The van der Waals surface area contributed by atoms with Crippen LogP contribution >= 0.6 is 0 Å². The molecular weight excluding hydrogens is 270 g/mol. The predicted octanol–water partition coefficient (Wildman–Crippen LogP) is 1.61. The van der Waals surface area contributed by atoms with Gasteiger partial charge >= 0.3 is 5.97 Å². The number of esters is 1. The van der Waals surface area contributed by atoms with Gasteiger partial charge in [-0.1, -0.05) is 6.07 Å². The fourth-order valence-electron chi connectivity index (χ4n) is 2.04. The zero-order valence-electron chi connectivity index (χ0n) is 11.6. The topological polar surface area (TPSA) is 95.0 Å². The van der Waals surface area contributed by atoms with Gasteiger partial charge in [0.15, 0.2) is 0 Å². The number of nitriles is 1. The third kappa shape index (κ3) is 2.62. The number of fused-ring (bicyclic) bond motifs is 1. The number of carbonyl (C=O) groups excluding carboxylic acids is 2. The maximum absolute atomic E-state index is 11.8. The second-order valence-corrected chi connectivity index (χ2v) is 4.21. The molecule has 1 heterocycles. The maximum Gasteiger partial charge on any atom is 0.338 e. The molecule has 1 amide bonds. The highest BCUT2D eigenvalue weighted by Crippen LogP contribution is 2.25. The number of hydrogen-bond acceptors (Lipinski definition) is 4. The SMILES string of the molecule is CNC(=O)C(C#N)=Cc1c[nH]c2cccc(C(=O)OC)c12. The van der Waals surface area contributed by atoms with Crippen LogP contribution in [0.1, 0.15) is 15.9 Å². The number of nitrogens with zero attached hydrogens (tertiary/aromatic N) is 1. The summed E-state index contributed by atoms with van der Waals surface area (Å²) in [5.41, 5.74) is 1.62. The summed E-state index contributed by atoms with van der Waals surface area (Å²) in [5, 5.41) is 12.0. The molecule has 1 aromatic heterocycles. The smallest absolute Gasteiger partial charge is 0.338 e. The number of likely N-dealkylation sites (N-methyl/N-ethyl adjacent to an activating group) is 1. The normalized spacial score (nSPS) is 11.0. The van der Waals surface area contributed by atoms with Gasteiger partial charge in [-0.25, -0.2) is 4.79 Å². The van der Waals surface area contributed by atoms with Crippen LogP contribution in [0.25, 0.3) is 17.0 Å². The minimum Gasteiger partial charge on any atom is -0.465 e. The molecule has 1 aromatic carbocycles. The number of H-pyrrole nitrogens is 1. The Morgan fingerprint density at radius 3 is 2.81 bits per heavy atom. The second-order valence-electron chi connectivity index (χ2n) is 4.21. The third-order valence-corrected chi connectivity index (χ3v) is 3.03. The fraction of sp³-hybridized carbons (Fsp3) is 0.133. The van der Waals surface area contributed by atoms with Gasteiger partial charge in [0.05, 0.1) is 12.7 Å². The summed E-state index contributed by atoms with van der Waals surface area (Å²) < 4.78 is 4.75. The van der Waals surface area contributed by atoms with Gasteiger partial charge in [-0.15, -0.1) is 0 Å². The van der Waals surface area contributed by atoms with E-state index >= 15 is 0 Å². The first-order valence-electron chi connectivity index (χ1n) is 6.14. The Bertz CT molecular complexity index is 781. The van der Waals surface area contributed by atoms with Crippen molar-refractivity contribution in [3.05, 3.63) is 41.1 Å². The lowest BCUT2D eigenvalue weighted by atomic mass is 10.0. The molecule has 0 bridgehead atoms. The first-order valence-corrected chi connectivity index (χ1v) is 6.14. The maximum atomic E-state index is 11.8.